The minimum atomic E-state index is 0.547. The van der Waals surface area contributed by atoms with E-state index >= 15 is 0 Å². The van der Waals surface area contributed by atoms with Crippen LogP contribution in [-0.2, 0) is 0 Å². The van der Waals surface area contributed by atoms with Crippen molar-refractivity contribution in [2.24, 2.45) is 0 Å². The molecule has 0 unspecified atom stereocenters. The molecule has 0 bridgehead atoms. The lowest BCUT2D eigenvalue weighted by molar-refractivity contribution is 1.13. The van der Waals surface area contributed by atoms with E-state index in [2.05, 4.69) is 298 Å². The highest BCUT2D eigenvalue weighted by Gasteiger charge is 2.26. The Morgan fingerprint density at radius 1 is 0.300 bits per heavy atom. The SMILES string of the molecule is Cc1ccccc1-c1ccc2c(c1)c1cc(-c3ccccc3C)ccc1n2-c1cc(C#N)cc(-n2c3ccc(-c4ccccc4C)cc3c3cc(-c4ccccc4C)ccc32)c1-c1cc(-c2ccccc2)nc(-c2ccccc2)c1. The summed E-state index contributed by atoms with van der Waals surface area (Å²) in [6.07, 6.45) is 0. The van der Waals surface area contributed by atoms with Crippen molar-refractivity contribution in [2.45, 2.75) is 27.7 Å². The van der Waals surface area contributed by atoms with E-state index in [-0.39, 0.29) is 0 Å². The van der Waals surface area contributed by atoms with Crippen LogP contribution < -0.4 is 0 Å². The van der Waals surface area contributed by atoms with E-state index in [1.807, 2.05) is 0 Å². The highest BCUT2D eigenvalue weighted by atomic mass is 15.0. The lowest BCUT2D eigenvalue weighted by Gasteiger charge is -2.22. The van der Waals surface area contributed by atoms with Crippen LogP contribution in [0, 0.1) is 39.0 Å². The number of hydrogen-bond donors (Lipinski definition) is 0. The second kappa shape index (κ2) is 19.6. The summed E-state index contributed by atoms with van der Waals surface area (Å²) in [5.41, 5.74) is 26.4. The molecule has 3 heterocycles. The Bertz CT molecular complexity index is 4320. The largest absolute Gasteiger partial charge is 0.308 e. The molecule has 4 heteroatoms. The molecule has 0 aliphatic heterocycles. The summed E-state index contributed by atoms with van der Waals surface area (Å²) in [6.45, 7) is 8.74. The van der Waals surface area contributed by atoms with E-state index in [0.717, 1.165) is 111 Å². The summed E-state index contributed by atoms with van der Waals surface area (Å²) in [5, 5.41) is 16.0. The zero-order valence-corrected chi connectivity index (χ0v) is 45.0. The van der Waals surface area contributed by atoms with Gasteiger partial charge in [-0.15, -0.1) is 0 Å². The molecule has 4 nitrogen and oxygen atoms in total. The number of nitriles is 1. The van der Waals surface area contributed by atoms with Crippen molar-refractivity contribution in [3.05, 3.63) is 283 Å². The molecule has 11 aromatic carbocycles. The van der Waals surface area contributed by atoms with Gasteiger partial charge < -0.3 is 9.13 Å². The summed E-state index contributed by atoms with van der Waals surface area (Å²) in [4.78, 5) is 5.43. The van der Waals surface area contributed by atoms with Gasteiger partial charge in [0.1, 0.15) is 0 Å². The molecule has 80 heavy (non-hydrogen) atoms. The second-order valence-corrected chi connectivity index (χ2v) is 21.2. The first-order valence-corrected chi connectivity index (χ1v) is 27.4. The number of nitrogens with zero attached hydrogens (tertiary/aromatic N) is 4. The van der Waals surface area contributed by atoms with E-state index in [1.54, 1.807) is 0 Å². The molecule has 0 atom stereocenters. The van der Waals surface area contributed by atoms with Crippen LogP contribution in [-0.4, -0.2) is 14.1 Å². The van der Waals surface area contributed by atoms with Crippen LogP contribution in [0.2, 0.25) is 0 Å². The molecule has 14 aromatic rings. The number of rotatable bonds is 9. The molecular formula is C76H54N4. The number of benzene rings is 11. The molecule has 378 valence electrons. The lowest BCUT2D eigenvalue weighted by atomic mass is 9.95. The van der Waals surface area contributed by atoms with Crippen molar-refractivity contribution < 1.29 is 0 Å². The monoisotopic (exact) mass is 1020 g/mol. The maximum atomic E-state index is 11.5. The minimum absolute atomic E-state index is 0.547. The zero-order valence-electron chi connectivity index (χ0n) is 45.0. The molecule has 0 saturated heterocycles. The van der Waals surface area contributed by atoms with Crippen molar-refractivity contribution >= 4 is 43.6 Å². The Morgan fingerprint density at radius 3 is 0.900 bits per heavy atom. The summed E-state index contributed by atoms with van der Waals surface area (Å²) in [6, 6.07) is 94.5. The number of aryl methyl sites for hydroxylation is 4. The summed E-state index contributed by atoms with van der Waals surface area (Å²) >= 11 is 0. The number of fused-ring (bicyclic) bond motifs is 6. The molecule has 0 saturated carbocycles. The van der Waals surface area contributed by atoms with Gasteiger partial charge in [0.05, 0.1) is 56.5 Å². The van der Waals surface area contributed by atoms with Crippen LogP contribution in [0.3, 0.4) is 0 Å². The topological polar surface area (TPSA) is 46.5 Å². The Labute approximate surface area is 466 Å². The Morgan fingerprint density at radius 2 is 0.600 bits per heavy atom. The molecule has 0 aliphatic carbocycles. The number of hydrogen-bond acceptors (Lipinski definition) is 2. The van der Waals surface area contributed by atoms with Crippen LogP contribution in [0.25, 0.3) is 133 Å². The summed E-state index contributed by atoms with van der Waals surface area (Å²) < 4.78 is 4.83. The number of aromatic nitrogens is 3. The van der Waals surface area contributed by atoms with Crippen molar-refractivity contribution in [1.29, 1.82) is 5.26 Å². The zero-order chi connectivity index (χ0) is 54.0. The third-order valence-corrected chi connectivity index (χ3v) is 16.3. The second-order valence-electron chi connectivity index (χ2n) is 21.2. The fourth-order valence-electron chi connectivity index (χ4n) is 12.3. The predicted octanol–water partition coefficient (Wildman–Crippen LogP) is 20.1. The smallest absolute Gasteiger partial charge is 0.0993 e. The third kappa shape index (κ3) is 8.18. The molecule has 0 amide bonds. The van der Waals surface area contributed by atoms with E-state index in [9.17, 15) is 5.26 Å². The van der Waals surface area contributed by atoms with Gasteiger partial charge in [0, 0.05) is 38.2 Å². The van der Waals surface area contributed by atoms with Gasteiger partial charge in [-0.3, -0.25) is 0 Å². The molecule has 14 rings (SSSR count). The van der Waals surface area contributed by atoms with Gasteiger partial charge in [-0.2, -0.15) is 5.26 Å². The van der Waals surface area contributed by atoms with E-state index in [4.69, 9.17) is 4.98 Å². The van der Waals surface area contributed by atoms with Crippen molar-refractivity contribution in [3.63, 3.8) is 0 Å². The van der Waals surface area contributed by atoms with Crippen LogP contribution in [0.5, 0.6) is 0 Å². The average molecular weight is 1020 g/mol. The molecule has 0 radical (unpaired) electrons. The van der Waals surface area contributed by atoms with Crippen LogP contribution in [0.15, 0.2) is 255 Å². The standard InChI is InChI=1S/C76H54N4/c1-48-19-11-15-27-60(48)55-31-35-70-64(41-55)65-42-56(61-28-16-12-20-49(61)2)32-36-71(65)79(70)74-39-52(47-77)40-75(76(74)59-45-68(53-23-7-5-8-24-53)78-69(46-59)54-25-9-6-10-26-54)80-72-37-33-57(62-29-17-13-21-50(62)3)43-66(72)67-44-58(34-38-73(67)80)63-30-18-14-22-51(63)4/h5-46H,1-4H3. The minimum Gasteiger partial charge on any atom is -0.308 e. The lowest BCUT2D eigenvalue weighted by Crippen LogP contribution is -2.06. The van der Waals surface area contributed by atoms with Gasteiger partial charge in [-0.25, -0.2) is 4.98 Å². The van der Waals surface area contributed by atoms with Gasteiger partial charge in [-0.05, 0) is 173 Å². The Kier molecular flexibility index (Phi) is 11.8. The van der Waals surface area contributed by atoms with Gasteiger partial charge in [-0.1, -0.05) is 182 Å². The van der Waals surface area contributed by atoms with Crippen molar-refractivity contribution in [1.82, 2.24) is 14.1 Å². The summed E-state index contributed by atoms with van der Waals surface area (Å²) in [5.74, 6) is 0. The molecule has 0 fully saturated rings. The van der Waals surface area contributed by atoms with Gasteiger partial charge >= 0.3 is 0 Å². The first kappa shape index (κ1) is 48.1. The molecule has 0 aliphatic rings. The third-order valence-electron chi connectivity index (χ3n) is 16.3. The van der Waals surface area contributed by atoms with Gasteiger partial charge in [0.25, 0.3) is 0 Å². The van der Waals surface area contributed by atoms with Gasteiger partial charge in [0.15, 0.2) is 0 Å². The Balaban J connectivity index is 1.14. The van der Waals surface area contributed by atoms with E-state index in [0.29, 0.717) is 5.56 Å². The molecule has 0 spiro atoms. The predicted molar refractivity (Wildman–Crippen MR) is 335 cm³/mol. The molecule has 3 aromatic heterocycles. The first-order chi connectivity index (χ1) is 39.3. The fraction of sp³-hybridized carbons (Fsp3) is 0.0526. The highest BCUT2D eigenvalue weighted by Crippen LogP contribution is 2.47. The summed E-state index contributed by atoms with van der Waals surface area (Å²) in [7, 11) is 0. The normalized spacial score (nSPS) is 11.5. The maximum Gasteiger partial charge on any atom is 0.0993 e. The Hall–Kier alpha value is -10.3. The van der Waals surface area contributed by atoms with Crippen molar-refractivity contribution in [3.8, 4) is 95.6 Å². The molecule has 0 N–H and O–H groups in total. The van der Waals surface area contributed by atoms with Crippen molar-refractivity contribution in [2.75, 3.05) is 0 Å². The van der Waals surface area contributed by atoms with E-state index in [1.165, 1.54) is 44.5 Å². The molecular weight excluding hydrogens is 969 g/mol. The maximum absolute atomic E-state index is 11.5. The van der Waals surface area contributed by atoms with Crippen LogP contribution in [0.1, 0.15) is 27.8 Å². The number of pyridine rings is 1. The van der Waals surface area contributed by atoms with Crippen LogP contribution in [0.4, 0.5) is 0 Å². The average Bonchev–Trinajstić information content (AvgIpc) is 3.83. The van der Waals surface area contributed by atoms with E-state index < -0.39 is 0 Å². The first-order valence-electron chi connectivity index (χ1n) is 27.4. The fourth-order valence-corrected chi connectivity index (χ4v) is 12.3. The van der Waals surface area contributed by atoms with Crippen LogP contribution >= 0.6 is 0 Å². The quantitative estimate of drug-likeness (QED) is 0.145. The van der Waals surface area contributed by atoms with Gasteiger partial charge in [0.2, 0.25) is 0 Å². The highest BCUT2D eigenvalue weighted by molar-refractivity contribution is 6.15.